The maximum absolute atomic E-state index is 13.9. The number of likely N-dealkylation sites (tertiary alicyclic amines) is 1. The summed E-state index contributed by atoms with van der Waals surface area (Å²) in [4.78, 5) is 28.3. The number of ketones is 1. The zero-order valence-corrected chi connectivity index (χ0v) is 18.8. The predicted molar refractivity (Wildman–Crippen MR) is 111 cm³/mol. The molecule has 6 heteroatoms. The molecule has 6 nitrogen and oxygen atoms in total. The summed E-state index contributed by atoms with van der Waals surface area (Å²) in [5.74, 6) is 0.483. The van der Waals surface area contributed by atoms with Crippen molar-refractivity contribution in [2.75, 3.05) is 34.4 Å². The van der Waals surface area contributed by atoms with Crippen molar-refractivity contribution in [3.8, 4) is 0 Å². The monoisotopic (exact) mass is 417 g/mol. The Balaban J connectivity index is 1.71. The zero-order chi connectivity index (χ0) is 21.4. The van der Waals surface area contributed by atoms with Crippen molar-refractivity contribution in [1.29, 1.82) is 0 Å². The molecule has 5 rings (SSSR count). The van der Waals surface area contributed by atoms with Gasteiger partial charge in [0.25, 0.3) is 0 Å². The fourth-order valence-electron chi connectivity index (χ4n) is 8.73. The van der Waals surface area contributed by atoms with Gasteiger partial charge in [0, 0.05) is 57.4 Å². The predicted octanol–water partition coefficient (Wildman–Crippen LogP) is 2.46. The smallest absolute Gasteiger partial charge is 0.302 e. The Bertz CT molecular complexity index is 794. The van der Waals surface area contributed by atoms with Crippen LogP contribution >= 0.6 is 0 Å². The van der Waals surface area contributed by atoms with Gasteiger partial charge < -0.3 is 19.1 Å². The molecule has 0 spiro atoms. The molecule has 0 N–H and O–H groups in total. The van der Waals surface area contributed by atoms with Gasteiger partial charge in [0.1, 0.15) is 6.10 Å². The number of piperidine rings is 1. The largest absolute Gasteiger partial charge is 0.462 e. The molecule has 5 aliphatic rings. The van der Waals surface area contributed by atoms with Gasteiger partial charge in [-0.15, -0.1) is 0 Å². The Kier molecular flexibility index (Phi) is 4.73. The van der Waals surface area contributed by atoms with Crippen LogP contribution in [0.2, 0.25) is 0 Å². The average Bonchev–Trinajstić information content (AvgIpc) is 2.87. The van der Waals surface area contributed by atoms with Gasteiger partial charge in [-0.3, -0.25) is 9.59 Å². The summed E-state index contributed by atoms with van der Waals surface area (Å²) in [5.41, 5.74) is 0.821. The third kappa shape index (κ3) is 2.59. The van der Waals surface area contributed by atoms with E-state index in [1.807, 2.05) is 6.08 Å². The molecule has 9 unspecified atom stereocenters. The van der Waals surface area contributed by atoms with E-state index in [1.54, 1.807) is 14.2 Å². The van der Waals surface area contributed by atoms with E-state index in [0.717, 1.165) is 44.3 Å². The topological polar surface area (TPSA) is 65.1 Å². The number of methoxy groups -OCH3 is 2. The quantitative estimate of drug-likeness (QED) is 0.658. The molecule has 0 aromatic rings. The van der Waals surface area contributed by atoms with Gasteiger partial charge in [0.2, 0.25) is 0 Å². The van der Waals surface area contributed by atoms with Crippen LogP contribution in [0.3, 0.4) is 0 Å². The van der Waals surface area contributed by atoms with Crippen molar-refractivity contribution in [2.45, 2.75) is 57.8 Å². The lowest BCUT2D eigenvalue weighted by Crippen LogP contribution is -2.69. The lowest BCUT2D eigenvalue weighted by molar-refractivity contribution is -0.204. The number of nitrogens with zero attached hydrogens (tertiary/aromatic N) is 1. The van der Waals surface area contributed by atoms with E-state index < -0.39 is 0 Å². The third-order valence-corrected chi connectivity index (χ3v) is 9.26. The fraction of sp³-hybridized carbons (Fsp3) is 0.833. The van der Waals surface area contributed by atoms with Gasteiger partial charge >= 0.3 is 5.97 Å². The highest BCUT2D eigenvalue weighted by Gasteiger charge is 2.71. The van der Waals surface area contributed by atoms with Gasteiger partial charge in [-0.2, -0.15) is 0 Å². The van der Waals surface area contributed by atoms with Crippen LogP contribution < -0.4 is 0 Å². The van der Waals surface area contributed by atoms with Gasteiger partial charge in [-0.1, -0.05) is 12.5 Å². The van der Waals surface area contributed by atoms with Gasteiger partial charge in [-0.25, -0.2) is 0 Å². The van der Waals surface area contributed by atoms with Gasteiger partial charge in [0.05, 0.1) is 12.2 Å². The molecule has 166 valence electrons. The third-order valence-electron chi connectivity index (χ3n) is 9.26. The summed E-state index contributed by atoms with van der Waals surface area (Å²) < 4.78 is 18.0. The summed E-state index contributed by atoms with van der Waals surface area (Å²) in [6.45, 7) is 5.60. The second-order valence-electron chi connectivity index (χ2n) is 10.8. The number of ether oxygens (including phenoxy) is 3. The minimum atomic E-state index is -0.259. The molecule has 0 radical (unpaired) electrons. The fourth-order valence-corrected chi connectivity index (χ4v) is 8.73. The number of esters is 1. The molecule has 4 aliphatic carbocycles. The molecule has 0 amide bonds. The molecule has 1 saturated heterocycles. The Morgan fingerprint density at radius 1 is 1.23 bits per heavy atom. The standard InChI is InChI=1S/C24H35NO5/c1-13(26)30-21-15-10-16-20(21)14(9-18(15)28-4)8-17(27)22-23(2)7-6-19(29-5)24(16,22)12-25(3)11-23/h8,15-16,18-22H,6-7,9-12H2,1-5H3. The second kappa shape index (κ2) is 6.88. The van der Waals surface area contributed by atoms with Crippen molar-refractivity contribution >= 4 is 11.8 Å². The first-order chi connectivity index (χ1) is 14.2. The SMILES string of the molecule is COC1CC2=CC(=O)C3C4(C)CCC(OC)C3(CN(C)C4)C3CC1C(OC(C)=O)C23. The second-order valence-corrected chi connectivity index (χ2v) is 10.8. The maximum atomic E-state index is 13.9. The molecule has 30 heavy (non-hydrogen) atoms. The van der Waals surface area contributed by atoms with Crippen LogP contribution in [0.1, 0.15) is 39.5 Å². The molecule has 4 fully saturated rings. The van der Waals surface area contributed by atoms with Crippen molar-refractivity contribution in [1.82, 2.24) is 4.90 Å². The molecule has 0 aromatic carbocycles. The average molecular weight is 418 g/mol. The van der Waals surface area contributed by atoms with Gasteiger partial charge in [0.15, 0.2) is 5.78 Å². The number of fused-ring (bicyclic) bond motifs is 1. The van der Waals surface area contributed by atoms with E-state index in [2.05, 4.69) is 18.9 Å². The van der Waals surface area contributed by atoms with Crippen molar-refractivity contribution in [3.05, 3.63) is 11.6 Å². The zero-order valence-electron chi connectivity index (χ0n) is 18.8. The number of rotatable bonds is 3. The maximum Gasteiger partial charge on any atom is 0.302 e. The number of hydrogen-bond acceptors (Lipinski definition) is 6. The van der Waals surface area contributed by atoms with Crippen LogP contribution in [0.15, 0.2) is 11.6 Å². The first-order valence-electron chi connectivity index (χ1n) is 11.4. The summed E-state index contributed by atoms with van der Waals surface area (Å²) >= 11 is 0. The molecular weight excluding hydrogens is 382 g/mol. The number of hydrogen-bond donors (Lipinski definition) is 0. The van der Waals surface area contributed by atoms with Crippen molar-refractivity contribution in [2.24, 2.45) is 34.5 Å². The summed E-state index contributed by atoms with van der Waals surface area (Å²) in [5, 5.41) is 0. The van der Waals surface area contributed by atoms with E-state index in [4.69, 9.17) is 14.2 Å². The lowest BCUT2D eigenvalue weighted by atomic mass is 9.46. The van der Waals surface area contributed by atoms with Crippen LogP contribution in [-0.4, -0.2) is 69.3 Å². The first-order valence-corrected chi connectivity index (χ1v) is 11.4. The summed E-state index contributed by atoms with van der Waals surface area (Å²) in [6.07, 6.45) is 5.42. The first kappa shape index (κ1) is 20.7. The van der Waals surface area contributed by atoms with Crippen molar-refractivity contribution < 1.29 is 23.8 Å². The van der Waals surface area contributed by atoms with E-state index >= 15 is 0 Å². The van der Waals surface area contributed by atoms with E-state index in [1.165, 1.54) is 6.92 Å². The van der Waals surface area contributed by atoms with Gasteiger partial charge in [-0.05, 0) is 50.1 Å². The summed E-state index contributed by atoms with van der Waals surface area (Å²) in [7, 11) is 5.72. The highest BCUT2D eigenvalue weighted by Crippen LogP contribution is 2.68. The van der Waals surface area contributed by atoms with Crippen LogP contribution in [0.25, 0.3) is 0 Å². The molecule has 1 heterocycles. The number of allylic oxidation sites excluding steroid dienone is 1. The molecule has 4 bridgehead atoms. The Labute approximate surface area is 179 Å². The molecular formula is C24H35NO5. The number of carbonyl (C=O) groups is 2. The van der Waals surface area contributed by atoms with Crippen LogP contribution in [0.5, 0.6) is 0 Å². The lowest BCUT2D eigenvalue weighted by Gasteiger charge is -2.64. The molecule has 3 saturated carbocycles. The highest BCUT2D eigenvalue weighted by molar-refractivity contribution is 5.94. The normalized spacial score (nSPS) is 49.8. The van der Waals surface area contributed by atoms with Crippen LogP contribution in [0, 0.1) is 34.5 Å². The highest BCUT2D eigenvalue weighted by atomic mass is 16.5. The Hall–Kier alpha value is -1.24. The van der Waals surface area contributed by atoms with E-state index in [0.29, 0.717) is 0 Å². The van der Waals surface area contributed by atoms with E-state index in [-0.39, 0.29) is 64.6 Å². The molecule has 0 aromatic heterocycles. The number of carbonyl (C=O) groups excluding carboxylic acids is 2. The van der Waals surface area contributed by atoms with Crippen LogP contribution in [-0.2, 0) is 23.8 Å². The Morgan fingerprint density at radius 3 is 2.67 bits per heavy atom. The molecule has 1 aliphatic heterocycles. The minimum Gasteiger partial charge on any atom is -0.462 e. The minimum absolute atomic E-state index is 0.0140. The van der Waals surface area contributed by atoms with E-state index in [9.17, 15) is 9.59 Å². The van der Waals surface area contributed by atoms with Crippen LogP contribution in [0.4, 0.5) is 0 Å². The molecule has 9 atom stereocenters. The summed E-state index contributed by atoms with van der Waals surface area (Å²) in [6, 6.07) is 0. The van der Waals surface area contributed by atoms with Crippen molar-refractivity contribution in [3.63, 3.8) is 0 Å². The Morgan fingerprint density at radius 2 is 2.00 bits per heavy atom.